The molecule has 1 amide bonds. The van der Waals surface area contributed by atoms with Gasteiger partial charge in [-0.05, 0) is 23.9 Å². The summed E-state index contributed by atoms with van der Waals surface area (Å²) in [5.74, 6) is -0.0736. The molecule has 0 saturated heterocycles. The highest BCUT2D eigenvalue weighted by molar-refractivity contribution is 7.12. The maximum atomic E-state index is 11.8. The van der Waals surface area contributed by atoms with Crippen LogP contribution in [0.2, 0.25) is 0 Å². The van der Waals surface area contributed by atoms with Crippen molar-refractivity contribution < 1.29 is 4.79 Å². The smallest absolute Gasteiger partial charge is 0.266 e. The minimum atomic E-state index is -0.0736. The van der Waals surface area contributed by atoms with E-state index in [4.69, 9.17) is 0 Å². The van der Waals surface area contributed by atoms with Crippen LogP contribution in [-0.4, -0.2) is 15.7 Å². The molecule has 4 nitrogen and oxygen atoms in total. The van der Waals surface area contributed by atoms with Crippen LogP contribution in [0.5, 0.6) is 0 Å². The lowest BCUT2D eigenvalue weighted by Crippen LogP contribution is -2.10. The zero-order chi connectivity index (χ0) is 10.8. The number of nitrogens with zero attached hydrogens (tertiary/aromatic N) is 2. The molecule has 0 aliphatic rings. The van der Waals surface area contributed by atoms with Crippen molar-refractivity contribution in [3.63, 3.8) is 0 Å². The van der Waals surface area contributed by atoms with E-state index in [1.54, 1.807) is 17.1 Å². The second-order valence-electron chi connectivity index (χ2n) is 3.29. The van der Waals surface area contributed by atoms with Gasteiger partial charge in [0.05, 0.1) is 16.8 Å². The summed E-state index contributed by atoms with van der Waals surface area (Å²) in [7, 11) is 1.81. The van der Waals surface area contributed by atoms with Gasteiger partial charge < -0.3 is 5.32 Å². The fraction of sp³-hybridized carbons (Fsp3) is 0.200. The third-order valence-corrected chi connectivity index (χ3v) is 3.05. The Morgan fingerprint density at radius 3 is 2.93 bits per heavy atom. The van der Waals surface area contributed by atoms with Crippen LogP contribution in [0.25, 0.3) is 0 Å². The number of aryl methyl sites for hydroxylation is 2. The van der Waals surface area contributed by atoms with E-state index in [1.807, 2.05) is 25.4 Å². The number of hydrogen-bond donors (Lipinski definition) is 1. The zero-order valence-electron chi connectivity index (χ0n) is 8.52. The van der Waals surface area contributed by atoms with E-state index in [0.29, 0.717) is 0 Å². The van der Waals surface area contributed by atoms with E-state index in [9.17, 15) is 4.79 Å². The molecule has 2 aromatic rings. The van der Waals surface area contributed by atoms with E-state index < -0.39 is 0 Å². The fourth-order valence-corrected chi connectivity index (χ4v) is 2.10. The fourth-order valence-electron chi connectivity index (χ4n) is 1.28. The van der Waals surface area contributed by atoms with Gasteiger partial charge >= 0.3 is 0 Å². The zero-order valence-corrected chi connectivity index (χ0v) is 9.34. The van der Waals surface area contributed by atoms with Gasteiger partial charge in [0.25, 0.3) is 5.91 Å². The molecule has 1 N–H and O–H groups in total. The van der Waals surface area contributed by atoms with Crippen molar-refractivity contribution >= 4 is 22.9 Å². The topological polar surface area (TPSA) is 46.9 Å². The van der Waals surface area contributed by atoms with Crippen LogP contribution in [-0.2, 0) is 7.05 Å². The number of rotatable bonds is 2. The molecular weight excluding hydrogens is 210 g/mol. The minimum Gasteiger partial charge on any atom is -0.319 e. The Kier molecular flexibility index (Phi) is 2.55. The second kappa shape index (κ2) is 3.86. The third kappa shape index (κ3) is 2.07. The Morgan fingerprint density at radius 2 is 2.40 bits per heavy atom. The molecule has 0 aliphatic heterocycles. The Hall–Kier alpha value is -1.62. The van der Waals surface area contributed by atoms with Crippen LogP contribution in [0.15, 0.2) is 23.8 Å². The number of hydrogen-bond acceptors (Lipinski definition) is 3. The van der Waals surface area contributed by atoms with Crippen molar-refractivity contribution in [3.05, 3.63) is 34.3 Å². The summed E-state index contributed by atoms with van der Waals surface area (Å²) in [6.07, 6.45) is 3.39. The summed E-state index contributed by atoms with van der Waals surface area (Å²) in [6.45, 7) is 1.93. The first-order chi connectivity index (χ1) is 7.16. The number of aromatic nitrogens is 2. The molecule has 5 heteroatoms. The van der Waals surface area contributed by atoms with Crippen LogP contribution in [0, 0.1) is 6.92 Å². The van der Waals surface area contributed by atoms with Crippen LogP contribution in [0.1, 0.15) is 15.2 Å². The van der Waals surface area contributed by atoms with Gasteiger partial charge in [-0.1, -0.05) is 0 Å². The van der Waals surface area contributed by atoms with Gasteiger partial charge in [-0.2, -0.15) is 5.10 Å². The van der Waals surface area contributed by atoms with E-state index >= 15 is 0 Å². The monoisotopic (exact) mass is 221 g/mol. The predicted molar refractivity (Wildman–Crippen MR) is 60.2 cm³/mol. The lowest BCUT2D eigenvalue weighted by molar-refractivity contribution is 0.103. The van der Waals surface area contributed by atoms with E-state index in [-0.39, 0.29) is 5.91 Å². The molecule has 15 heavy (non-hydrogen) atoms. The maximum Gasteiger partial charge on any atom is 0.266 e. The summed E-state index contributed by atoms with van der Waals surface area (Å²) in [5.41, 5.74) is 1.72. The van der Waals surface area contributed by atoms with Crippen molar-refractivity contribution in [2.24, 2.45) is 7.05 Å². The highest BCUT2D eigenvalue weighted by Crippen LogP contribution is 2.17. The quantitative estimate of drug-likeness (QED) is 0.843. The summed E-state index contributed by atoms with van der Waals surface area (Å²) in [5, 5.41) is 8.68. The highest BCUT2D eigenvalue weighted by Gasteiger charge is 2.10. The largest absolute Gasteiger partial charge is 0.319 e. The van der Waals surface area contributed by atoms with E-state index in [2.05, 4.69) is 10.4 Å². The van der Waals surface area contributed by atoms with Crippen molar-refractivity contribution in [2.45, 2.75) is 6.92 Å². The Labute approximate surface area is 91.5 Å². The van der Waals surface area contributed by atoms with Crippen molar-refractivity contribution in [3.8, 4) is 0 Å². The molecule has 0 atom stereocenters. The molecule has 0 radical (unpaired) electrons. The van der Waals surface area contributed by atoms with Gasteiger partial charge in [0.15, 0.2) is 0 Å². The summed E-state index contributed by atoms with van der Waals surface area (Å²) >= 11 is 1.44. The van der Waals surface area contributed by atoms with E-state index in [1.165, 1.54) is 11.3 Å². The molecule has 0 unspecified atom stereocenters. The van der Waals surface area contributed by atoms with Gasteiger partial charge in [0.2, 0.25) is 0 Å². The average molecular weight is 221 g/mol. The molecule has 0 spiro atoms. The molecule has 2 heterocycles. The first kappa shape index (κ1) is 9.92. The van der Waals surface area contributed by atoms with Crippen molar-refractivity contribution in [1.82, 2.24) is 9.78 Å². The van der Waals surface area contributed by atoms with Gasteiger partial charge in [-0.3, -0.25) is 9.48 Å². The van der Waals surface area contributed by atoms with Crippen molar-refractivity contribution in [1.29, 1.82) is 0 Å². The number of nitrogens with one attached hydrogen (secondary N) is 1. The molecule has 0 saturated carbocycles. The molecule has 0 aromatic carbocycles. The van der Waals surface area contributed by atoms with Crippen LogP contribution < -0.4 is 5.32 Å². The third-order valence-electron chi connectivity index (χ3n) is 2.03. The lowest BCUT2D eigenvalue weighted by atomic mass is 10.3. The first-order valence-electron chi connectivity index (χ1n) is 4.51. The number of thiophene rings is 1. The van der Waals surface area contributed by atoms with Gasteiger partial charge in [0.1, 0.15) is 0 Å². The predicted octanol–water partition coefficient (Wildman–Crippen LogP) is 2.04. The molecule has 2 aromatic heterocycles. The first-order valence-corrected chi connectivity index (χ1v) is 5.39. The highest BCUT2D eigenvalue weighted by atomic mass is 32.1. The van der Waals surface area contributed by atoms with Crippen LogP contribution in [0.3, 0.4) is 0 Å². The summed E-state index contributed by atoms with van der Waals surface area (Å²) in [6, 6.07) is 1.93. The van der Waals surface area contributed by atoms with Gasteiger partial charge in [-0.25, -0.2) is 0 Å². The molecule has 0 fully saturated rings. The number of amides is 1. The SMILES string of the molecule is Cc1ccsc1C(=O)Nc1cnn(C)c1. The molecular formula is C10H11N3OS. The van der Waals surface area contributed by atoms with Gasteiger partial charge in [-0.15, -0.1) is 11.3 Å². The number of carbonyl (C=O) groups is 1. The average Bonchev–Trinajstić information content (AvgIpc) is 2.75. The standard InChI is InChI=1S/C10H11N3OS/c1-7-3-4-15-9(7)10(14)12-8-5-11-13(2)6-8/h3-6H,1-2H3,(H,12,14). The Balaban J connectivity index is 2.14. The number of carbonyl (C=O) groups excluding carboxylic acids is 1. The van der Waals surface area contributed by atoms with E-state index in [0.717, 1.165) is 16.1 Å². The summed E-state index contributed by atoms with van der Waals surface area (Å²) in [4.78, 5) is 12.5. The van der Waals surface area contributed by atoms with Crippen LogP contribution >= 0.6 is 11.3 Å². The minimum absolute atomic E-state index is 0.0736. The second-order valence-corrected chi connectivity index (χ2v) is 4.21. The molecule has 0 bridgehead atoms. The Bertz CT molecular complexity index is 486. The number of anilines is 1. The Morgan fingerprint density at radius 1 is 1.60 bits per heavy atom. The molecule has 78 valence electrons. The van der Waals surface area contributed by atoms with Crippen molar-refractivity contribution in [2.75, 3.05) is 5.32 Å². The normalized spacial score (nSPS) is 10.3. The molecule has 2 rings (SSSR count). The van der Waals surface area contributed by atoms with Crippen LogP contribution in [0.4, 0.5) is 5.69 Å². The lowest BCUT2D eigenvalue weighted by Gasteiger charge is -2.00. The van der Waals surface area contributed by atoms with Gasteiger partial charge in [0, 0.05) is 13.2 Å². The maximum absolute atomic E-state index is 11.8. The summed E-state index contributed by atoms with van der Waals surface area (Å²) < 4.78 is 1.65. The molecule has 0 aliphatic carbocycles.